The fraction of sp³-hybridized carbons (Fsp3) is 1.00. The van der Waals surface area contributed by atoms with Gasteiger partial charge in [-0.2, -0.15) is 0 Å². The van der Waals surface area contributed by atoms with Crippen molar-refractivity contribution in [3.8, 4) is 0 Å². The molecule has 4 aliphatic carbocycles. The van der Waals surface area contributed by atoms with E-state index in [9.17, 15) is 0 Å². The summed E-state index contributed by atoms with van der Waals surface area (Å²) in [5.41, 5.74) is 1.42. The Balaban J connectivity index is 1.71. The van der Waals surface area contributed by atoms with Gasteiger partial charge < -0.3 is 5.32 Å². The summed E-state index contributed by atoms with van der Waals surface area (Å²) in [4.78, 5) is 0. The van der Waals surface area contributed by atoms with Gasteiger partial charge in [0.15, 0.2) is 0 Å². The molecule has 0 heterocycles. The van der Waals surface area contributed by atoms with Crippen LogP contribution in [0.15, 0.2) is 0 Å². The highest BCUT2D eigenvalue weighted by molar-refractivity contribution is 5.06. The average molecular weight is 221 g/mol. The molecule has 4 bridgehead atoms. The molecule has 0 amide bonds. The normalized spacial score (nSPS) is 49.9. The Labute approximate surface area is 100 Å². The van der Waals surface area contributed by atoms with E-state index in [1.165, 1.54) is 38.8 Å². The van der Waals surface area contributed by atoms with Crippen LogP contribution < -0.4 is 5.32 Å². The maximum Gasteiger partial charge on any atom is 0.000821 e. The van der Waals surface area contributed by atoms with Crippen LogP contribution in [0.25, 0.3) is 0 Å². The van der Waals surface area contributed by atoms with Crippen molar-refractivity contribution in [3.05, 3.63) is 0 Å². The van der Waals surface area contributed by atoms with Gasteiger partial charge in [0.05, 0.1) is 0 Å². The molecule has 1 heteroatoms. The molecule has 2 unspecified atom stereocenters. The van der Waals surface area contributed by atoms with E-state index < -0.39 is 0 Å². The maximum absolute atomic E-state index is 3.71. The van der Waals surface area contributed by atoms with Gasteiger partial charge >= 0.3 is 0 Å². The molecule has 1 N–H and O–H groups in total. The second-order valence-corrected chi connectivity index (χ2v) is 7.45. The van der Waals surface area contributed by atoms with Crippen LogP contribution in [0.2, 0.25) is 0 Å². The largest absolute Gasteiger partial charge is 0.316 e. The van der Waals surface area contributed by atoms with E-state index in [1.807, 2.05) is 0 Å². The SMILES string of the molecule is CCCNCC12CC3CC(CC(C)(C3)C1)C2. The zero-order valence-corrected chi connectivity index (χ0v) is 11.0. The van der Waals surface area contributed by atoms with E-state index in [4.69, 9.17) is 0 Å². The Bertz CT molecular complexity index is 257. The highest BCUT2D eigenvalue weighted by Gasteiger charge is 2.55. The Morgan fingerprint density at radius 3 is 2.38 bits per heavy atom. The first-order valence-electron chi connectivity index (χ1n) is 7.34. The second kappa shape index (κ2) is 3.73. The Morgan fingerprint density at radius 2 is 1.81 bits per heavy atom. The lowest BCUT2D eigenvalue weighted by atomic mass is 9.44. The molecular weight excluding hydrogens is 194 g/mol. The van der Waals surface area contributed by atoms with Crippen LogP contribution in [0.5, 0.6) is 0 Å². The molecule has 0 aliphatic heterocycles. The predicted molar refractivity (Wildman–Crippen MR) is 68.4 cm³/mol. The molecule has 92 valence electrons. The van der Waals surface area contributed by atoms with Crippen molar-refractivity contribution in [1.29, 1.82) is 0 Å². The van der Waals surface area contributed by atoms with Gasteiger partial charge in [-0.1, -0.05) is 13.8 Å². The summed E-state index contributed by atoms with van der Waals surface area (Å²) in [6.07, 6.45) is 10.5. The third-order valence-electron chi connectivity index (χ3n) is 5.40. The molecule has 0 spiro atoms. The summed E-state index contributed by atoms with van der Waals surface area (Å²) in [5, 5.41) is 3.71. The Morgan fingerprint density at radius 1 is 1.12 bits per heavy atom. The maximum atomic E-state index is 3.71. The van der Waals surface area contributed by atoms with Crippen LogP contribution >= 0.6 is 0 Å². The molecule has 1 nitrogen and oxygen atoms in total. The fourth-order valence-electron chi connectivity index (χ4n) is 5.67. The van der Waals surface area contributed by atoms with Gasteiger partial charge in [-0.15, -0.1) is 0 Å². The van der Waals surface area contributed by atoms with Crippen molar-refractivity contribution in [3.63, 3.8) is 0 Å². The van der Waals surface area contributed by atoms with Gasteiger partial charge in [-0.3, -0.25) is 0 Å². The van der Waals surface area contributed by atoms with Crippen LogP contribution in [-0.4, -0.2) is 13.1 Å². The fourth-order valence-corrected chi connectivity index (χ4v) is 5.67. The quantitative estimate of drug-likeness (QED) is 0.715. The molecule has 2 atom stereocenters. The average Bonchev–Trinajstić information content (AvgIpc) is 2.13. The Kier molecular flexibility index (Phi) is 2.58. The van der Waals surface area contributed by atoms with Crippen molar-refractivity contribution in [2.24, 2.45) is 22.7 Å². The summed E-state index contributed by atoms with van der Waals surface area (Å²) in [7, 11) is 0. The summed E-state index contributed by atoms with van der Waals surface area (Å²) in [6.45, 7) is 7.37. The lowest BCUT2D eigenvalue weighted by Gasteiger charge is -2.61. The van der Waals surface area contributed by atoms with Gasteiger partial charge in [0, 0.05) is 6.54 Å². The van der Waals surface area contributed by atoms with Crippen LogP contribution in [-0.2, 0) is 0 Å². The second-order valence-electron chi connectivity index (χ2n) is 7.45. The first-order valence-corrected chi connectivity index (χ1v) is 7.34. The van der Waals surface area contributed by atoms with Gasteiger partial charge in [-0.05, 0) is 74.2 Å². The topological polar surface area (TPSA) is 12.0 Å². The van der Waals surface area contributed by atoms with E-state index in [-0.39, 0.29) is 0 Å². The molecule has 4 rings (SSSR count). The molecule has 16 heavy (non-hydrogen) atoms. The van der Waals surface area contributed by atoms with E-state index in [1.54, 1.807) is 19.3 Å². The van der Waals surface area contributed by atoms with Gasteiger partial charge in [0.2, 0.25) is 0 Å². The minimum Gasteiger partial charge on any atom is -0.316 e. The van der Waals surface area contributed by atoms with E-state index >= 15 is 0 Å². The molecule has 4 aliphatic rings. The van der Waals surface area contributed by atoms with Gasteiger partial charge in [-0.25, -0.2) is 0 Å². The van der Waals surface area contributed by atoms with Crippen LogP contribution in [0.4, 0.5) is 0 Å². The monoisotopic (exact) mass is 221 g/mol. The summed E-state index contributed by atoms with van der Waals surface area (Å²) >= 11 is 0. The van der Waals surface area contributed by atoms with Crippen LogP contribution in [0.1, 0.15) is 58.8 Å². The third-order valence-corrected chi connectivity index (χ3v) is 5.40. The zero-order valence-electron chi connectivity index (χ0n) is 11.0. The minimum absolute atomic E-state index is 0.702. The van der Waals surface area contributed by atoms with E-state index in [0.29, 0.717) is 5.41 Å². The standard InChI is InChI=1S/C15H27N/c1-3-4-16-11-15-8-12-5-13(9-15)7-14(2,6-12)10-15/h12-13,16H,3-11H2,1-2H3. The van der Waals surface area contributed by atoms with Crippen LogP contribution in [0.3, 0.4) is 0 Å². The molecule has 0 radical (unpaired) electrons. The number of hydrogen-bond donors (Lipinski definition) is 1. The van der Waals surface area contributed by atoms with Crippen LogP contribution in [0, 0.1) is 22.7 Å². The first kappa shape index (κ1) is 11.1. The minimum atomic E-state index is 0.702. The molecule has 0 aromatic rings. The van der Waals surface area contributed by atoms with Crippen molar-refractivity contribution in [1.82, 2.24) is 5.32 Å². The summed E-state index contributed by atoms with van der Waals surface area (Å²) in [5.74, 6) is 2.16. The van der Waals surface area contributed by atoms with Gasteiger partial charge in [0.1, 0.15) is 0 Å². The lowest BCUT2D eigenvalue weighted by Crippen LogP contribution is -2.54. The van der Waals surface area contributed by atoms with E-state index in [0.717, 1.165) is 17.3 Å². The number of hydrogen-bond acceptors (Lipinski definition) is 1. The van der Waals surface area contributed by atoms with Crippen molar-refractivity contribution < 1.29 is 0 Å². The highest BCUT2D eigenvalue weighted by Crippen LogP contribution is 2.64. The third kappa shape index (κ3) is 1.81. The highest BCUT2D eigenvalue weighted by atomic mass is 14.9. The smallest absolute Gasteiger partial charge is 0.000821 e. The zero-order chi connectivity index (χ0) is 11.2. The first-order chi connectivity index (χ1) is 7.63. The number of nitrogens with one attached hydrogen (secondary N) is 1. The molecule has 4 fully saturated rings. The molecule has 0 saturated heterocycles. The molecular formula is C15H27N. The van der Waals surface area contributed by atoms with E-state index in [2.05, 4.69) is 19.2 Å². The van der Waals surface area contributed by atoms with Gasteiger partial charge in [0.25, 0.3) is 0 Å². The lowest BCUT2D eigenvalue weighted by molar-refractivity contribution is -0.0997. The van der Waals surface area contributed by atoms with Crippen molar-refractivity contribution in [2.45, 2.75) is 58.8 Å². The number of rotatable bonds is 4. The van der Waals surface area contributed by atoms with Crippen molar-refractivity contribution >= 4 is 0 Å². The van der Waals surface area contributed by atoms with Crippen molar-refractivity contribution in [2.75, 3.05) is 13.1 Å². The summed E-state index contributed by atoms with van der Waals surface area (Å²) in [6, 6.07) is 0. The summed E-state index contributed by atoms with van der Waals surface area (Å²) < 4.78 is 0. The molecule has 4 saturated carbocycles. The Hall–Kier alpha value is -0.0400. The predicted octanol–water partition coefficient (Wildman–Crippen LogP) is 3.59. The molecule has 0 aromatic carbocycles. The molecule has 0 aromatic heterocycles.